The second-order valence-corrected chi connectivity index (χ2v) is 5.29. The molecule has 0 aliphatic heterocycles. The molecular formula is C11H23N. The van der Waals surface area contributed by atoms with Gasteiger partial charge < -0.3 is 5.73 Å². The summed E-state index contributed by atoms with van der Waals surface area (Å²) in [6.45, 7) is 6.77. The van der Waals surface area contributed by atoms with E-state index in [-0.39, 0.29) is 0 Å². The Morgan fingerprint density at radius 2 is 1.58 bits per heavy atom. The first-order chi connectivity index (χ1) is 5.52. The van der Waals surface area contributed by atoms with Crippen LogP contribution < -0.4 is 5.73 Å². The van der Waals surface area contributed by atoms with E-state index in [0.717, 1.165) is 5.92 Å². The van der Waals surface area contributed by atoms with E-state index in [4.69, 9.17) is 5.73 Å². The second kappa shape index (κ2) is 3.78. The van der Waals surface area contributed by atoms with Crippen LogP contribution in [0.4, 0.5) is 0 Å². The van der Waals surface area contributed by atoms with Crippen LogP contribution in [0.3, 0.4) is 0 Å². The van der Waals surface area contributed by atoms with Crippen molar-refractivity contribution in [3.05, 3.63) is 0 Å². The Hall–Kier alpha value is -0.0400. The maximum absolute atomic E-state index is 6.23. The Labute approximate surface area is 76.7 Å². The molecule has 2 N–H and O–H groups in total. The van der Waals surface area contributed by atoms with E-state index in [2.05, 4.69) is 20.8 Å². The van der Waals surface area contributed by atoms with Crippen molar-refractivity contribution in [2.75, 3.05) is 0 Å². The normalized spacial score (nSPS) is 24.0. The number of nitrogens with two attached hydrogens (primary N) is 1. The van der Waals surface area contributed by atoms with Crippen LogP contribution in [0.5, 0.6) is 0 Å². The lowest BCUT2D eigenvalue weighted by Crippen LogP contribution is -2.42. The topological polar surface area (TPSA) is 26.0 Å². The van der Waals surface area contributed by atoms with Gasteiger partial charge in [0.05, 0.1) is 0 Å². The van der Waals surface area contributed by atoms with Crippen molar-refractivity contribution < 1.29 is 0 Å². The van der Waals surface area contributed by atoms with Crippen molar-refractivity contribution in [2.45, 2.75) is 58.9 Å². The maximum atomic E-state index is 6.23. The third kappa shape index (κ3) is 2.48. The van der Waals surface area contributed by atoms with Gasteiger partial charge in [-0.1, -0.05) is 40.0 Å². The molecule has 1 rings (SSSR count). The molecular weight excluding hydrogens is 146 g/mol. The van der Waals surface area contributed by atoms with E-state index in [1.807, 2.05) is 0 Å². The van der Waals surface area contributed by atoms with E-state index in [9.17, 15) is 0 Å². The second-order valence-electron chi connectivity index (χ2n) is 5.29. The highest BCUT2D eigenvalue weighted by Crippen LogP contribution is 2.33. The monoisotopic (exact) mass is 169 g/mol. The first-order valence-corrected chi connectivity index (χ1v) is 5.27. The fourth-order valence-electron chi connectivity index (χ4n) is 2.20. The molecule has 1 atom stereocenters. The Balaban J connectivity index is 2.45. The summed E-state index contributed by atoms with van der Waals surface area (Å²) in [5.41, 5.74) is 6.52. The van der Waals surface area contributed by atoms with Crippen LogP contribution >= 0.6 is 0 Å². The highest BCUT2D eigenvalue weighted by Gasteiger charge is 2.29. The van der Waals surface area contributed by atoms with Crippen LogP contribution in [0.15, 0.2) is 0 Å². The fourth-order valence-corrected chi connectivity index (χ4v) is 2.20. The molecule has 1 aliphatic carbocycles. The van der Waals surface area contributed by atoms with Gasteiger partial charge in [-0.25, -0.2) is 0 Å². The quantitative estimate of drug-likeness (QED) is 0.641. The fraction of sp³-hybridized carbons (Fsp3) is 1.00. The SMILES string of the molecule is CC(C)(C)C(N)C1CCCCC1. The van der Waals surface area contributed by atoms with Gasteiger partial charge >= 0.3 is 0 Å². The van der Waals surface area contributed by atoms with E-state index >= 15 is 0 Å². The zero-order valence-electron chi connectivity index (χ0n) is 8.77. The molecule has 1 nitrogen and oxygen atoms in total. The maximum Gasteiger partial charge on any atom is 0.0116 e. The van der Waals surface area contributed by atoms with Crippen LogP contribution in [-0.4, -0.2) is 6.04 Å². The lowest BCUT2D eigenvalue weighted by Gasteiger charge is -2.36. The average Bonchev–Trinajstić information content (AvgIpc) is 2.03. The van der Waals surface area contributed by atoms with Gasteiger partial charge in [0.25, 0.3) is 0 Å². The van der Waals surface area contributed by atoms with Gasteiger partial charge in [-0.3, -0.25) is 0 Å². The van der Waals surface area contributed by atoms with Gasteiger partial charge in [-0.15, -0.1) is 0 Å². The number of hydrogen-bond donors (Lipinski definition) is 1. The van der Waals surface area contributed by atoms with Gasteiger partial charge in [-0.05, 0) is 24.2 Å². The molecule has 72 valence electrons. The molecule has 12 heavy (non-hydrogen) atoms. The molecule has 0 aromatic rings. The van der Waals surface area contributed by atoms with Crippen LogP contribution in [0.1, 0.15) is 52.9 Å². The zero-order valence-corrected chi connectivity index (χ0v) is 8.77. The first kappa shape index (κ1) is 10.0. The third-order valence-corrected chi connectivity index (χ3v) is 3.16. The summed E-state index contributed by atoms with van der Waals surface area (Å²) >= 11 is 0. The standard InChI is InChI=1S/C11H23N/c1-11(2,3)10(12)9-7-5-4-6-8-9/h9-10H,4-8,12H2,1-3H3. The Kier molecular flexibility index (Phi) is 3.16. The summed E-state index contributed by atoms with van der Waals surface area (Å²) < 4.78 is 0. The minimum absolute atomic E-state index is 0.294. The molecule has 0 aromatic carbocycles. The molecule has 0 aromatic heterocycles. The molecule has 1 unspecified atom stereocenters. The van der Waals surface area contributed by atoms with Crippen molar-refractivity contribution in [2.24, 2.45) is 17.1 Å². The highest BCUT2D eigenvalue weighted by molar-refractivity contribution is 4.85. The highest BCUT2D eigenvalue weighted by atomic mass is 14.7. The predicted molar refractivity (Wildman–Crippen MR) is 54.0 cm³/mol. The number of hydrogen-bond acceptors (Lipinski definition) is 1. The molecule has 0 spiro atoms. The van der Waals surface area contributed by atoms with Crippen molar-refractivity contribution in [3.63, 3.8) is 0 Å². The third-order valence-electron chi connectivity index (χ3n) is 3.16. The smallest absolute Gasteiger partial charge is 0.0116 e. The molecule has 0 radical (unpaired) electrons. The van der Waals surface area contributed by atoms with E-state index in [1.54, 1.807) is 0 Å². The molecule has 1 heteroatoms. The lowest BCUT2D eigenvalue weighted by atomic mass is 9.73. The van der Waals surface area contributed by atoms with E-state index in [1.165, 1.54) is 32.1 Å². The zero-order chi connectivity index (χ0) is 9.19. The summed E-state index contributed by atoms with van der Waals surface area (Å²) in [4.78, 5) is 0. The van der Waals surface area contributed by atoms with Crippen molar-refractivity contribution >= 4 is 0 Å². The Morgan fingerprint density at radius 3 is 2.00 bits per heavy atom. The summed E-state index contributed by atoms with van der Waals surface area (Å²) in [6.07, 6.45) is 6.94. The molecule has 0 heterocycles. The predicted octanol–water partition coefficient (Wildman–Crippen LogP) is 2.94. The molecule has 1 saturated carbocycles. The average molecular weight is 169 g/mol. The minimum Gasteiger partial charge on any atom is -0.327 e. The Morgan fingerprint density at radius 1 is 1.08 bits per heavy atom. The lowest BCUT2D eigenvalue weighted by molar-refractivity contribution is 0.194. The van der Waals surface area contributed by atoms with Gasteiger partial charge in [0.2, 0.25) is 0 Å². The van der Waals surface area contributed by atoms with E-state index < -0.39 is 0 Å². The van der Waals surface area contributed by atoms with Gasteiger partial charge in [-0.2, -0.15) is 0 Å². The van der Waals surface area contributed by atoms with Crippen LogP contribution in [0.2, 0.25) is 0 Å². The summed E-state index contributed by atoms with van der Waals surface area (Å²) in [7, 11) is 0. The molecule has 0 saturated heterocycles. The van der Waals surface area contributed by atoms with Crippen molar-refractivity contribution in [1.82, 2.24) is 0 Å². The van der Waals surface area contributed by atoms with Crippen LogP contribution in [0, 0.1) is 11.3 Å². The molecule has 1 fully saturated rings. The van der Waals surface area contributed by atoms with Crippen molar-refractivity contribution in [1.29, 1.82) is 0 Å². The van der Waals surface area contributed by atoms with Crippen LogP contribution in [0.25, 0.3) is 0 Å². The van der Waals surface area contributed by atoms with Gasteiger partial charge in [0.1, 0.15) is 0 Å². The summed E-state index contributed by atoms with van der Waals surface area (Å²) in [5, 5.41) is 0. The molecule has 1 aliphatic rings. The van der Waals surface area contributed by atoms with Gasteiger partial charge in [0.15, 0.2) is 0 Å². The summed E-state index contributed by atoms with van der Waals surface area (Å²) in [5.74, 6) is 0.791. The Bertz CT molecular complexity index is 128. The minimum atomic E-state index is 0.294. The molecule has 0 amide bonds. The summed E-state index contributed by atoms with van der Waals surface area (Å²) in [6, 6.07) is 0.401. The largest absolute Gasteiger partial charge is 0.327 e. The van der Waals surface area contributed by atoms with Crippen LogP contribution in [-0.2, 0) is 0 Å². The van der Waals surface area contributed by atoms with E-state index in [0.29, 0.717) is 11.5 Å². The number of rotatable bonds is 1. The van der Waals surface area contributed by atoms with Crippen molar-refractivity contribution in [3.8, 4) is 0 Å². The molecule has 0 bridgehead atoms. The van der Waals surface area contributed by atoms with Gasteiger partial charge in [0, 0.05) is 6.04 Å². The first-order valence-electron chi connectivity index (χ1n) is 5.27.